The van der Waals surface area contributed by atoms with Crippen LogP contribution in [0.5, 0.6) is 0 Å². The third-order valence-electron chi connectivity index (χ3n) is 2.47. The van der Waals surface area contributed by atoms with E-state index in [1.807, 2.05) is 6.92 Å². The molecule has 0 atom stereocenters. The highest BCUT2D eigenvalue weighted by molar-refractivity contribution is 7.91. The van der Waals surface area contributed by atoms with Crippen molar-refractivity contribution < 1.29 is 8.42 Å². The summed E-state index contributed by atoms with van der Waals surface area (Å²) in [5.74, 6) is 1.68. The van der Waals surface area contributed by atoms with Gasteiger partial charge in [0.15, 0.2) is 9.84 Å². The Morgan fingerprint density at radius 3 is 2.53 bits per heavy atom. The highest BCUT2D eigenvalue weighted by atomic mass is 32.2. The van der Waals surface area contributed by atoms with Crippen molar-refractivity contribution >= 4 is 21.5 Å². The van der Waals surface area contributed by atoms with Crippen LogP contribution in [0.3, 0.4) is 0 Å². The van der Waals surface area contributed by atoms with Crippen LogP contribution in [0.1, 0.15) is 12.5 Å². The molecule has 0 saturated heterocycles. The molecule has 2 N–H and O–H groups in total. The van der Waals surface area contributed by atoms with E-state index in [4.69, 9.17) is 0 Å². The number of hydrogen-bond acceptors (Lipinski definition) is 6. The number of anilines is 2. The van der Waals surface area contributed by atoms with E-state index in [0.29, 0.717) is 12.4 Å². The molecule has 0 radical (unpaired) electrons. The summed E-state index contributed by atoms with van der Waals surface area (Å²) in [7, 11) is -1.16. The Balaban J connectivity index is 2.64. The first-order valence-electron chi connectivity index (χ1n) is 5.43. The summed E-state index contributed by atoms with van der Waals surface area (Å²) in [6.45, 7) is 3.88. The number of rotatable bonds is 6. The van der Waals surface area contributed by atoms with Crippen LogP contribution in [0.2, 0.25) is 0 Å². The van der Waals surface area contributed by atoms with Crippen molar-refractivity contribution in [3.63, 3.8) is 0 Å². The molecule has 0 aliphatic heterocycles. The number of nitrogens with zero attached hydrogens (tertiary/aromatic N) is 2. The quantitative estimate of drug-likeness (QED) is 0.780. The highest BCUT2D eigenvalue weighted by Gasteiger charge is 2.09. The van der Waals surface area contributed by atoms with E-state index in [0.717, 1.165) is 11.4 Å². The fraction of sp³-hybridized carbons (Fsp3) is 0.600. The Hall–Kier alpha value is -1.37. The molecule has 96 valence electrons. The van der Waals surface area contributed by atoms with Crippen molar-refractivity contribution in [1.82, 2.24) is 9.97 Å². The van der Waals surface area contributed by atoms with Crippen LogP contribution in [-0.2, 0) is 9.84 Å². The Kier molecular flexibility index (Phi) is 4.68. The topological polar surface area (TPSA) is 84.0 Å². The molecule has 6 nitrogen and oxygen atoms in total. The maximum Gasteiger partial charge on any atom is 0.151 e. The average Bonchev–Trinajstić information content (AvgIpc) is 2.31. The fourth-order valence-electron chi connectivity index (χ4n) is 1.35. The van der Waals surface area contributed by atoms with Gasteiger partial charge in [0.05, 0.1) is 5.75 Å². The van der Waals surface area contributed by atoms with Crippen molar-refractivity contribution in [2.75, 3.05) is 35.7 Å². The van der Waals surface area contributed by atoms with Gasteiger partial charge in [0, 0.05) is 24.9 Å². The van der Waals surface area contributed by atoms with E-state index < -0.39 is 9.84 Å². The minimum Gasteiger partial charge on any atom is -0.373 e. The van der Waals surface area contributed by atoms with Gasteiger partial charge in [-0.25, -0.2) is 18.4 Å². The molecule has 0 amide bonds. The monoisotopic (exact) mass is 258 g/mol. The summed E-state index contributed by atoms with van der Waals surface area (Å²) in [4.78, 5) is 8.13. The third kappa shape index (κ3) is 3.85. The van der Waals surface area contributed by atoms with Gasteiger partial charge >= 0.3 is 0 Å². The minimum atomic E-state index is -2.94. The molecule has 0 aliphatic carbocycles. The first-order valence-corrected chi connectivity index (χ1v) is 7.26. The summed E-state index contributed by atoms with van der Waals surface area (Å²) in [5, 5.41) is 5.95. The van der Waals surface area contributed by atoms with Crippen LogP contribution in [0.25, 0.3) is 0 Å². The summed E-state index contributed by atoms with van der Waals surface area (Å²) in [6.07, 6.45) is 1.44. The highest BCUT2D eigenvalue weighted by Crippen LogP contribution is 2.16. The van der Waals surface area contributed by atoms with Crippen molar-refractivity contribution in [3.05, 3.63) is 11.9 Å². The SMILES string of the molecule is CCS(=O)(=O)CCNc1ncnc(NC)c1C. The van der Waals surface area contributed by atoms with Crippen LogP contribution in [0.15, 0.2) is 6.33 Å². The van der Waals surface area contributed by atoms with Gasteiger partial charge in [-0.05, 0) is 6.92 Å². The van der Waals surface area contributed by atoms with Gasteiger partial charge in [-0.1, -0.05) is 6.92 Å². The van der Waals surface area contributed by atoms with Crippen molar-refractivity contribution in [2.24, 2.45) is 0 Å². The van der Waals surface area contributed by atoms with Crippen LogP contribution in [-0.4, -0.2) is 43.5 Å². The predicted octanol–water partition coefficient (Wildman–Crippen LogP) is 0.673. The molecule has 0 spiro atoms. The first kappa shape index (κ1) is 13.7. The van der Waals surface area contributed by atoms with Crippen LogP contribution in [0, 0.1) is 6.92 Å². The second-order valence-corrected chi connectivity index (χ2v) is 6.08. The Morgan fingerprint density at radius 1 is 1.29 bits per heavy atom. The van der Waals surface area contributed by atoms with Gasteiger partial charge in [0.25, 0.3) is 0 Å². The fourth-order valence-corrected chi connectivity index (χ4v) is 2.05. The molecular weight excluding hydrogens is 240 g/mol. The zero-order valence-electron chi connectivity index (χ0n) is 10.3. The molecule has 0 aromatic carbocycles. The predicted molar refractivity (Wildman–Crippen MR) is 69.1 cm³/mol. The third-order valence-corrected chi connectivity index (χ3v) is 4.17. The van der Waals surface area contributed by atoms with Gasteiger partial charge in [-0.15, -0.1) is 0 Å². The average molecular weight is 258 g/mol. The maximum absolute atomic E-state index is 11.3. The molecule has 1 aromatic heterocycles. The Bertz CT molecular complexity index is 473. The van der Waals surface area contributed by atoms with E-state index in [9.17, 15) is 8.42 Å². The lowest BCUT2D eigenvalue weighted by atomic mass is 10.3. The molecule has 0 bridgehead atoms. The first-order chi connectivity index (χ1) is 8.00. The summed E-state index contributed by atoms with van der Waals surface area (Å²) in [6, 6.07) is 0. The van der Waals surface area contributed by atoms with Gasteiger partial charge in [0.1, 0.15) is 18.0 Å². The van der Waals surface area contributed by atoms with Crippen LogP contribution in [0.4, 0.5) is 11.6 Å². The lowest BCUT2D eigenvalue weighted by Gasteiger charge is -2.10. The van der Waals surface area contributed by atoms with Crippen molar-refractivity contribution in [3.8, 4) is 0 Å². The largest absolute Gasteiger partial charge is 0.373 e. The smallest absolute Gasteiger partial charge is 0.151 e. The second kappa shape index (κ2) is 5.81. The van der Waals surface area contributed by atoms with Crippen molar-refractivity contribution in [2.45, 2.75) is 13.8 Å². The van der Waals surface area contributed by atoms with Crippen LogP contribution >= 0.6 is 0 Å². The lowest BCUT2D eigenvalue weighted by Crippen LogP contribution is -2.18. The van der Waals surface area contributed by atoms with E-state index in [2.05, 4.69) is 20.6 Å². The molecule has 0 aliphatic rings. The molecule has 1 heterocycles. The second-order valence-electron chi connectivity index (χ2n) is 3.61. The molecule has 1 aromatic rings. The van der Waals surface area contributed by atoms with E-state index in [1.54, 1.807) is 14.0 Å². The molecule has 17 heavy (non-hydrogen) atoms. The van der Waals surface area contributed by atoms with Gasteiger partial charge in [-0.3, -0.25) is 0 Å². The molecule has 0 fully saturated rings. The Labute approximate surface area is 102 Å². The molecule has 7 heteroatoms. The van der Waals surface area contributed by atoms with E-state index >= 15 is 0 Å². The number of hydrogen-bond donors (Lipinski definition) is 2. The van der Waals surface area contributed by atoms with Crippen molar-refractivity contribution in [1.29, 1.82) is 0 Å². The maximum atomic E-state index is 11.3. The zero-order valence-corrected chi connectivity index (χ0v) is 11.1. The number of nitrogens with one attached hydrogen (secondary N) is 2. The van der Waals surface area contributed by atoms with E-state index in [1.165, 1.54) is 6.33 Å². The number of aromatic nitrogens is 2. The Morgan fingerprint density at radius 2 is 1.94 bits per heavy atom. The van der Waals surface area contributed by atoms with Gasteiger partial charge in [0.2, 0.25) is 0 Å². The zero-order chi connectivity index (χ0) is 12.9. The summed E-state index contributed by atoms with van der Waals surface area (Å²) < 4.78 is 22.6. The lowest BCUT2D eigenvalue weighted by molar-refractivity contribution is 0.597. The molecule has 0 saturated carbocycles. The molecule has 0 unspecified atom stereocenters. The van der Waals surface area contributed by atoms with E-state index in [-0.39, 0.29) is 11.5 Å². The molecule has 1 rings (SSSR count). The minimum absolute atomic E-state index is 0.113. The van der Waals surface area contributed by atoms with Gasteiger partial charge < -0.3 is 10.6 Å². The number of sulfone groups is 1. The van der Waals surface area contributed by atoms with Gasteiger partial charge in [-0.2, -0.15) is 0 Å². The molecular formula is C10H18N4O2S. The van der Waals surface area contributed by atoms with Crippen LogP contribution < -0.4 is 10.6 Å². The normalized spacial score (nSPS) is 11.2. The summed E-state index contributed by atoms with van der Waals surface area (Å²) in [5.41, 5.74) is 0.879. The standard InChI is InChI=1S/C10H18N4O2S/c1-4-17(15,16)6-5-12-10-8(2)9(11-3)13-7-14-10/h7H,4-6H2,1-3H3,(H2,11,12,13,14). The summed E-state index contributed by atoms with van der Waals surface area (Å²) >= 11 is 0.